The summed E-state index contributed by atoms with van der Waals surface area (Å²) in [6.45, 7) is 15.6. The van der Waals surface area contributed by atoms with Gasteiger partial charge in [-0.15, -0.1) is 0 Å². The highest BCUT2D eigenvalue weighted by molar-refractivity contribution is 7.78. The van der Waals surface area contributed by atoms with Crippen LogP contribution in [0.1, 0.15) is 111 Å². The minimum absolute atomic E-state index is 0.145. The number of fused-ring (bicyclic) bond motifs is 1. The van der Waals surface area contributed by atoms with E-state index in [1.54, 1.807) is 25.7 Å². The number of nitrogens with one attached hydrogen (secondary N) is 3. The first-order chi connectivity index (χ1) is 23.9. The van der Waals surface area contributed by atoms with Gasteiger partial charge in [-0.2, -0.15) is 0 Å². The average molecular weight is 732 g/mol. The van der Waals surface area contributed by atoms with Crippen LogP contribution in [0.3, 0.4) is 0 Å². The zero-order chi connectivity index (χ0) is 38.5. The van der Waals surface area contributed by atoms with Crippen LogP contribution in [0.5, 0.6) is 0 Å². The van der Waals surface area contributed by atoms with Gasteiger partial charge in [0.15, 0.2) is 0 Å². The zero-order valence-electron chi connectivity index (χ0n) is 31.8. The number of ketones is 1. The molecule has 5 N–H and O–H groups in total. The van der Waals surface area contributed by atoms with Crippen LogP contribution in [0.4, 0.5) is 4.79 Å². The van der Waals surface area contributed by atoms with Crippen LogP contribution in [0.25, 0.3) is 0 Å². The Bertz CT molecular complexity index is 1330. The molecule has 286 valence electrons. The predicted molar refractivity (Wildman–Crippen MR) is 201 cm³/mol. The van der Waals surface area contributed by atoms with Crippen molar-refractivity contribution in [3.8, 4) is 0 Å². The van der Waals surface area contributed by atoms with Gasteiger partial charge in [-0.1, -0.05) is 97.4 Å². The number of likely N-dealkylation sites (tertiary alicyclic amines) is 1. The van der Waals surface area contributed by atoms with Gasteiger partial charge in [-0.05, 0) is 81.3 Å². The molecular weight excluding hydrogens is 671 g/mol. The minimum Gasteiger partial charge on any atom is -0.458 e. The molecule has 4 rings (SSSR count). The summed E-state index contributed by atoms with van der Waals surface area (Å²) in [5.74, 6) is -1.83. The van der Waals surface area contributed by atoms with Crippen molar-refractivity contribution in [2.24, 2.45) is 23.0 Å². The van der Waals surface area contributed by atoms with Gasteiger partial charge in [-0.25, -0.2) is 9.59 Å². The molecule has 13 heteroatoms. The van der Waals surface area contributed by atoms with Crippen molar-refractivity contribution in [1.82, 2.24) is 20.3 Å². The molecule has 4 amide bonds. The number of amides is 4. The first-order valence-electron chi connectivity index (χ1n) is 18.2. The Balaban J connectivity index is 0.000000467. The molecule has 1 aromatic carbocycles. The number of carbonyl (C=O) groups is 6. The largest absolute Gasteiger partial charge is 0.458 e. The molecule has 0 bridgehead atoms. The van der Waals surface area contributed by atoms with E-state index in [-0.39, 0.29) is 11.8 Å². The van der Waals surface area contributed by atoms with Crippen LogP contribution >= 0.6 is 12.8 Å². The second-order valence-corrected chi connectivity index (χ2v) is 16.2. The highest BCUT2D eigenvalue weighted by atomic mass is 32.1. The Morgan fingerprint density at radius 2 is 1.53 bits per heavy atom. The molecule has 3 unspecified atom stereocenters. The smallest absolute Gasteiger partial charge is 0.329 e. The van der Waals surface area contributed by atoms with Crippen molar-refractivity contribution in [2.45, 2.75) is 143 Å². The zero-order valence-corrected chi connectivity index (χ0v) is 32.6. The number of carbonyl (C=O) groups excluding carboxylic acids is 6. The standard InChI is InChI=1S/C27H39N3O5.C8H14N2O2S.C3H8/c1-26(2,3)22(24(33)35-27(4,5)6)29-25(34)28-21(23(32)30-13-9-12-20(30)16-31)19-14-17-10-7-8-11-18(17)15-19;9-8(12)7(11)6(10-13)4-5-2-1-3-5;1-3-2/h7-8,10-11,16,19-22H,9,12-15H2,1-6H3,(H2,28,29,34);5-6,10,13H,1-4H2,(H2,9,12);3H2,1-2H3/t20?,21?,22-;;/m1../s1. The van der Waals surface area contributed by atoms with E-state index < -0.39 is 58.9 Å². The lowest BCUT2D eigenvalue weighted by Crippen LogP contribution is -2.59. The number of hydrogen-bond acceptors (Lipinski definition) is 9. The molecule has 0 radical (unpaired) electrons. The molecule has 2 aliphatic carbocycles. The minimum atomic E-state index is -0.909. The number of nitrogens with two attached hydrogens (primary N) is 1. The summed E-state index contributed by atoms with van der Waals surface area (Å²) in [4.78, 5) is 74.6. The third-order valence-corrected chi connectivity index (χ3v) is 9.45. The summed E-state index contributed by atoms with van der Waals surface area (Å²) in [7, 11) is 0. The van der Waals surface area contributed by atoms with Crippen molar-refractivity contribution in [3.63, 3.8) is 0 Å². The number of primary amides is 1. The van der Waals surface area contributed by atoms with E-state index in [9.17, 15) is 28.8 Å². The number of nitrogens with zero attached hydrogens (tertiary/aromatic N) is 1. The predicted octanol–water partition coefficient (Wildman–Crippen LogP) is 4.47. The van der Waals surface area contributed by atoms with E-state index in [4.69, 9.17) is 10.5 Å². The fourth-order valence-electron chi connectivity index (χ4n) is 6.35. The number of Topliss-reactive ketones (excluding diaryl/α,β-unsaturated/α-hetero) is 1. The van der Waals surface area contributed by atoms with E-state index in [2.05, 4.69) is 42.0 Å². The molecule has 0 spiro atoms. The highest BCUT2D eigenvalue weighted by Gasteiger charge is 2.42. The van der Waals surface area contributed by atoms with Gasteiger partial charge in [0.05, 0.1) is 12.1 Å². The lowest BCUT2D eigenvalue weighted by atomic mass is 9.80. The van der Waals surface area contributed by atoms with Crippen molar-refractivity contribution >= 4 is 48.7 Å². The molecule has 1 aliphatic heterocycles. The first-order valence-corrected chi connectivity index (χ1v) is 18.7. The topological polar surface area (TPSA) is 177 Å². The van der Waals surface area contributed by atoms with Gasteiger partial charge < -0.3 is 30.8 Å². The third-order valence-electron chi connectivity index (χ3n) is 9.14. The summed E-state index contributed by atoms with van der Waals surface area (Å²) in [5.41, 5.74) is 5.89. The monoisotopic (exact) mass is 731 g/mol. The molecular formula is C38H61N5O7S. The Labute approximate surface area is 309 Å². The summed E-state index contributed by atoms with van der Waals surface area (Å²) in [6.07, 6.45) is 8.91. The van der Waals surface area contributed by atoms with E-state index in [1.807, 2.05) is 45.0 Å². The van der Waals surface area contributed by atoms with Gasteiger partial charge in [0.25, 0.3) is 5.91 Å². The van der Waals surface area contributed by atoms with Crippen molar-refractivity contribution in [2.75, 3.05) is 6.54 Å². The molecule has 3 aliphatic rings. The maximum atomic E-state index is 13.6. The summed E-state index contributed by atoms with van der Waals surface area (Å²) >= 11 is 3.81. The summed E-state index contributed by atoms with van der Waals surface area (Å²) < 4.78 is 8.06. The van der Waals surface area contributed by atoms with Crippen LogP contribution in [0.15, 0.2) is 24.3 Å². The lowest BCUT2D eigenvalue weighted by molar-refractivity contribution is -0.160. The van der Waals surface area contributed by atoms with E-state index in [0.29, 0.717) is 38.1 Å². The number of hydrogen-bond donors (Lipinski definition) is 5. The van der Waals surface area contributed by atoms with E-state index in [1.165, 1.54) is 12.8 Å². The molecule has 1 saturated heterocycles. The third kappa shape index (κ3) is 13.6. The Hall–Kier alpha value is -3.45. The maximum absolute atomic E-state index is 13.6. The van der Waals surface area contributed by atoms with Crippen LogP contribution in [-0.2, 0) is 41.6 Å². The van der Waals surface area contributed by atoms with Crippen LogP contribution in [0, 0.1) is 17.3 Å². The Morgan fingerprint density at radius 1 is 0.961 bits per heavy atom. The Kier molecular flexibility index (Phi) is 17.1. The van der Waals surface area contributed by atoms with E-state index >= 15 is 0 Å². The quantitative estimate of drug-likeness (QED) is 0.0959. The molecule has 1 saturated carbocycles. The molecule has 4 atom stereocenters. The SMILES string of the molecule is CC(C)(C)OC(=O)[C@@H](NC(=O)NC(C(=O)N1CCCC1C=O)C1Cc2ccccc2C1)C(C)(C)C.CCC.NC(=O)C(=O)C(CC1CCC1)NS. The van der Waals surface area contributed by atoms with Crippen molar-refractivity contribution in [1.29, 1.82) is 0 Å². The number of aldehydes is 1. The average Bonchev–Trinajstić information content (AvgIpc) is 3.68. The first kappa shape index (κ1) is 43.7. The second-order valence-electron chi connectivity index (χ2n) is 15.9. The fourth-order valence-corrected chi connectivity index (χ4v) is 6.57. The van der Waals surface area contributed by atoms with Gasteiger partial charge >= 0.3 is 12.0 Å². The number of ether oxygens (including phenoxy) is 1. The molecule has 2 fully saturated rings. The number of esters is 1. The van der Waals surface area contributed by atoms with E-state index in [0.717, 1.165) is 36.7 Å². The molecule has 0 aromatic heterocycles. The van der Waals surface area contributed by atoms with Gasteiger partial charge in [-0.3, -0.25) is 19.1 Å². The Morgan fingerprint density at radius 3 is 1.96 bits per heavy atom. The number of benzene rings is 1. The molecule has 1 heterocycles. The van der Waals surface area contributed by atoms with Gasteiger partial charge in [0.2, 0.25) is 11.7 Å². The van der Waals surface area contributed by atoms with Gasteiger partial charge in [0, 0.05) is 6.54 Å². The maximum Gasteiger partial charge on any atom is 0.329 e. The number of urea groups is 1. The molecule has 1 aromatic rings. The van der Waals surface area contributed by atoms with Gasteiger partial charge in [0.1, 0.15) is 24.0 Å². The van der Waals surface area contributed by atoms with Crippen LogP contribution in [-0.4, -0.2) is 77.1 Å². The van der Waals surface area contributed by atoms with Crippen molar-refractivity contribution in [3.05, 3.63) is 35.4 Å². The van der Waals surface area contributed by atoms with Crippen LogP contribution < -0.4 is 21.1 Å². The molecule has 12 nitrogen and oxygen atoms in total. The highest BCUT2D eigenvalue weighted by Crippen LogP contribution is 2.32. The molecule has 51 heavy (non-hydrogen) atoms. The number of thiol groups is 1. The normalized spacial score (nSPS) is 19.0. The summed E-state index contributed by atoms with van der Waals surface area (Å²) in [5, 5.41) is 5.63. The lowest BCUT2D eigenvalue weighted by Gasteiger charge is -2.34. The summed E-state index contributed by atoms with van der Waals surface area (Å²) in [6, 6.07) is 4.71. The fraction of sp³-hybridized carbons (Fsp3) is 0.684. The van der Waals surface area contributed by atoms with Crippen molar-refractivity contribution < 1.29 is 33.5 Å². The van der Waals surface area contributed by atoms with Crippen LogP contribution in [0.2, 0.25) is 0 Å². The number of rotatable bonds is 11. The second kappa shape index (κ2) is 20.0.